The van der Waals surface area contributed by atoms with E-state index in [1.165, 1.54) is 0 Å². The molecule has 2 N–H and O–H groups in total. The number of halogens is 2. The fourth-order valence-electron chi connectivity index (χ4n) is 4.66. The third-order valence-corrected chi connectivity index (χ3v) is 8.66. The molecule has 2 aromatic rings. The van der Waals surface area contributed by atoms with Gasteiger partial charge in [0.1, 0.15) is 5.82 Å². The van der Waals surface area contributed by atoms with Crippen molar-refractivity contribution in [1.29, 1.82) is 0 Å². The van der Waals surface area contributed by atoms with Gasteiger partial charge in [0.25, 0.3) is 0 Å². The molecule has 2 atom stereocenters. The summed E-state index contributed by atoms with van der Waals surface area (Å²) in [5.74, 6) is 0.246. The molecule has 0 heterocycles. The third-order valence-electron chi connectivity index (χ3n) is 6.52. The van der Waals surface area contributed by atoms with Gasteiger partial charge in [-0.05, 0) is 86.0 Å². The maximum atomic E-state index is 14.8. The van der Waals surface area contributed by atoms with Crippen molar-refractivity contribution in [3.05, 3.63) is 69.5 Å². The minimum atomic E-state index is -3.38. The molecule has 30 heavy (non-hydrogen) atoms. The van der Waals surface area contributed by atoms with Gasteiger partial charge in [0.2, 0.25) is 10.0 Å². The SMILES string of the molecule is CNCC1Cc2cc(F)c(CNS(=O)(=O)C3CCC3)cc2C1Cc1cccc(Cl)c1. The lowest BCUT2D eigenvalue weighted by Crippen LogP contribution is -2.38. The zero-order valence-corrected chi connectivity index (χ0v) is 18.7. The van der Waals surface area contributed by atoms with Crippen LogP contribution in [0.3, 0.4) is 0 Å². The van der Waals surface area contributed by atoms with Crippen molar-refractivity contribution < 1.29 is 12.8 Å². The highest BCUT2D eigenvalue weighted by Gasteiger charge is 2.34. The second-order valence-electron chi connectivity index (χ2n) is 8.52. The van der Waals surface area contributed by atoms with Gasteiger partial charge in [0, 0.05) is 17.1 Å². The Balaban J connectivity index is 1.59. The van der Waals surface area contributed by atoms with Crippen molar-refractivity contribution in [2.24, 2.45) is 5.92 Å². The fraction of sp³-hybridized carbons (Fsp3) is 0.478. The first-order valence-corrected chi connectivity index (χ1v) is 12.5. The summed E-state index contributed by atoms with van der Waals surface area (Å²) in [5.41, 5.74) is 3.70. The van der Waals surface area contributed by atoms with Crippen molar-refractivity contribution in [2.75, 3.05) is 13.6 Å². The molecule has 162 valence electrons. The fourth-order valence-corrected chi connectivity index (χ4v) is 6.42. The van der Waals surface area contributed by atoms with Gasteiger partial charge >= 0.3 is 0 Å². The van der Waals surface area contributed by atoms with Crippen LogP contribution in [-0.2, 0) is 29.4 Å². The highest BCUT2D eigenvalue weighted by Crippen LogP contribution is 2.41. The van der Waals surface area contributed by atoms with Crippen molar-refractivity contribution >= 4 is 21.6 Å². The van der Waals surface area contributed by atoms with Crippen LogP contribution in [0.15, 0.2) is 36.4 Å². The van der Waals surface area contributed by atoms with Gasteiger partial charge < -0.3 is 5.32 Å². The smallest absolute Gasteiger partial charge is 0.214 e. The Morgan fingerprint density at radius 2 is 2.00 bits per heavy atom. The first-order valence-electron chi connectivity index (χ1n) is 10.6. The van der Waals surface area contributed by atoms with Crippen LogP contribution in [-0.4, -0.2) is 27.3 Å². The summed E-state index contributed by atoms with van der Waals surface area (Å²) in [6, 6.07) is 11.3. The molecule has 2 aliphatic carbocycles. The zero-order chi connectivity index (χ0) is 21.3. The Kier molecular flexibility index (Phi) is 6.49. The minimum absolute atomic E-state index is 0.00146. The predicted molar refractivity (Wildman–Crippen MR) is 119 cm³/mol. The van der Waals surface area contributed by atoms with E-state index in [0.717, 1.165) is 42.5 Å². The van der Waals surface area contributed by atoms with E-state index >= 15 is 0 Å². The van der Waals surface area contributed by atoms with Crippen LogP contribution >= 0.6 is 11.6 Å². The standard InChI is InChI=1S/C23H28ClFN2O2S/c1-26-13-17-10-16-12-23(25)18(14-27-30(28,29)20-6-3-7-20)11-22(16)21(17)9-15-4-2-5-19(24)8-15/h2,4-5,8,11-12,17,20-21,26-27H,3,6-7,9-10,13-14H2,1H3. The van der Waals surface area contributed by atoms with Crippen LogP contribution in [0.1, 0.15) is 47.4 Å². The third kappa shape index (κ3) is 4.57. The molecule has 0 aliphatic heterocycles. The summed E-state index contributed by atoms with van der Waals surface area (Å²) in [6.07, 6.45) is 3.95. The van der Waals surface area contributed by atoms with Crippen LogP contribution in [0.5, 0.6) is 0 Å². The van der Waals surface area contributed by atoms with E-state index in [4.69, 9.17) is 11.6 Å². The van der Waals surface area contributed by atoms with E-state index in [1.54, 1.807) is 6.07 Å². The summed E-state index contributed by atoms with van der Waals surface area (Å²) < 4.78 is 42.1. The first-order chi connectivity index (χ1) is 14.4. The normalized spacial score (nSPS) is 21.4. The molecule has 2 unspecified atom stereocenters. The molecule has 0 saturated heterocycles. The second-order valence-corrected chi connectivity index (χ2v) is 11.0. The van der Waals surface area contributed by atoms with Gasteiger partial charge in [-0.25, -0.2) is 17.5 Å². The number of nitrogens with one attached hydrogen (secondary N) is 2. The zero-order valence-electron chi connectivity index (χ0n) is 17.1. The molecule has 0 radical (unpaired) electrons. The van der Waals surface area contributed by atoms with Crippen LogP contribution in [0.4, 0.5) is 4.39 Å². The molecular formula is C23H28ClFN2O2S. The topological polar surface area (TPSA) is 58.2 Å². The van der Waals surface area contributed by atoms with Gasteiger partial charge in [0.05, 0.1) is 5.25 Å². The Morgan fingerprint density at radius 1 is 1.20 bits per heavy atom. The maximum absolute atomic E-state index is 14.8. The summed E-state index contributed by atoms with van der Waals surface area (Å²) in [4.78, 5) is 0. The lowest BCUT2D eigenvalue weighted by atomic mass is 9.86. The molecule has 4 rings (SSSR count). The molecule has 2 aliphatic rings. The summed E-state index contributed by atoms with van der Waals surface area (Å²) >= 11 is 6.17. The molecular weight excluding hydrogens is 423 g/mol. The molecule has 2 aromatic carbocycles. The van der Waals surface area contributed by atoms with E-state index in [2.05, 4.69) is 16.1 Å². The number of benzene rings is 2. The van der Waals surface area contributed by atoms with E-state index < -0.39 is 10.0 Å². The molecule has 0 bridgehead atoms. The minimum Gasteiger partial charge on any atom is -0.319 e. The average Bonchev–Trinajstić information content (AvgIpc) is 2.94. The van der Waals surface area contributed by atoms with Crippen LogP contribution < -0.4 is 10.0 Å². The maximum Gasteiger partial charge on any atom is 0.214 e. The first kappa shape index (κ1) is 21.8. The van der Waals surface area contributed by atoms with Gasteiger partial charge in [-0.1, -0.05) is 36.2 Å². The molecule has 1 fully saturated rings. The van der Waals surface area contributed by atoms with Gasteiger partial charge in [0.15, 0.2) is 0 Å². The van der Waals surface area contributed by atoms with Gasteiger partial charge in [-0.3, -0.25) is 0 Å². The molecule has 1 saturated carbocycles. The molecule has 7 heteroatoms. The largest absolute Gasteiger partial charge is 0.319 e. The highest BCUT2D eigenvalue weighted by atomic mass is 35.5. The van der Waals surface area contributed by atoms with Gasteiger partial charge in [-0.2, -0.15) is 0 Å². The van der Waals surface area contributed by atoms with Crippen LogP contribution in [0.25, 0.3) is 0 Å². The Morgan fingerprint density at radius 3 is 2.67 bits per heavy atom. The second kappa shape index (κ2) is 8.95. The lowest BCUT2D eigenvalue weighted by molar-refractivity contribution is 0.436. The number of rotatable bonds is 8. The Labute approximate surface area is 183 Å². The van der Waals surface area contributed by atoms with Crippen molar-refractivity contribution in [1.82, 2.24) is 10.0 Å². The summed E-state index contributed by atoms with van der Waals surface area (Å²) in [7, 11) is -1.45. The quantitative estimate of drug-likeness (QED) is 0.634. The Bertz CT molecular complexity index is 1020. The van der Waals surface area contributed by atoms with Crippen LogP contribution in [0.2, 0.25) is 5.02 Å². The van der Waals surface area contributed by atoms with Crippen molar-refractivity contribution in [3.8, 4) is 0 Å². The lowest BCUT2D eigenvalue weighted by Gasteiger charge is -2.25. The van der Waals surface area contributed by atoms with Gasteiger partial charge in [-0.15, -0.1) is 0 Å². The highest BCUT2D eigenvalue weighted by molar-refractivity contribution is 7.90. The molecule has 4 nitrogen and oxygen atoms in total. The molecule has 0 aromatic heterocycles. The predicted octanol–water partition coefficient (Wildman–Crippen LogP) is 4.17. The van der Waals surface area contributed by atoms with E-state index in [-0.39, 0.29) is 23.5 Å². The monoisotopic (exact) mass is 450 g/mol. The number of sulfonamides is 1. The average molecular weight is 451 g/mol. The molecule has 0 spiro atoms. The van der Waals surface area contributed by atoms with Crippen molar-refractivity contribution in [3.63, 3.8) is 0 Å². The number of fused-ring (bicyclic) bond motifs is 1. The van der Waals surface area contributed by atoms with Crippen molar-refractivity contribution in [2.45, 2.75) is 49.8 Å². The van der Waals surface area contributed by atoms with E-state index in [0.29, 0.717) is 29.3 Å². The number of hydrogen-bond acceptors (Lipinski definition) is 3. The summed E-state index contributed by atoms with van der Waals surface area (Å²) in [6.45, 7) is 0.837. The summed E-state index contributed by atoms with van der Waals surface area (Å²) in [5, 5.41) is 3.64. The van der Waals surface area contributed by atoms with Crippen LogP contribution in [0, 0.1) is 11.7 Å². The number of hydrogen-bond donors (Lipinski definition) is 2. The van der Waals surface area contributed by atoms with E-state index in [9.17, 15) is 12.8 Å². The Hall–Kier alpha value is -1.47. The van der Waals surface area contributed by atoms with E-state index in [1.807, 2.05) is 31.3 Å². The molecule has 0 amide bonds.